The van der Waals surface area contributed by atoms with Crippen LogP contribution >= 0.6 is 11.3 Å². The molecule has 0 aliphatic heterocycles. The average molecular weight is 288 g/mol. The van der Waals surface area contributed by atoms with E-state index in [1.54, 1.807) is 17.5 Å². The molecule has 4 heteroatoms. The third-order valence-electron chi connectivity index (χ3n) is 3.28. The van der Waals surface area contributed by atoms with Gasteiger partial charge in [0.05, 0.1) is 4.88 Å². The summed E-state index contributed by atoms with van der Waals surface area (Å²) in [4.78, 5) is 20.6. The van der Waals surface area contributed by atoms with E-state index < -0.39 is 0 Å². The van der Waals surface area contributed by atoms with Gasteiger partial charge in [-0.3, -0.25) is 9.78 Å². The molecule has 2 heterocycles. The summed E-state index contributed by atoms with van der Waals surface area (Å²) >= 11 is 1.60. The zero-order chi connectivity index (χ0) is 14.4. The third kappa shape index (κ3) is 3.67. The molecule has 0 saturated heterocycles. The van der Waals surface area contributed by atoms with Gasteiger partial charge in [0.1, 0.15) is 0 Å². The molecular formula is C16H20N2OS. The molecule has 106 valence electrons. The van der Waals surface area contributed by atoms with Crippen LogP contribution in [0, 0.1) is 0 Å². The van der Waals surface area contributed by atoms with E-state index in [1.807, 2.05) is 42.3 Å². The summed E-state index contributed by atoms with van der Waals surface area (Å²) in [6.07, 6.45) is 5.46. The molecule has 0 N–H and O–H groups in total. The van der Waals surface area contributed by atoms with Gasteiger partial charge in [0, 0.05) is 30.4 Å². The van der Waals surface area contributed by atoms with Crippen molar-refractivity contribution in [1.29, 1.82) is 0 Å². The predicted molar refractivity (Wildman–Crippen MR) is 83.2 cm³/mol. The van der Waals surface area contributed by atoms with Crippen LogP contribution in [-0.4, -0.2) is 28.9 Å². The summed E-state index contributed by atoms with van der Waals surface area (Å²) < 4.78 is 0. The van der Waals surface area contributed by atoms with E-state index >= 15 is 0 Å². The van der Waals surface area contributed by atoms with Crippen molar-refractivity contribution in [2.75, 3.05) is 13.1 Å². The molecule has 1 amide bonds. The minimum atomic E-state index is 0.140. The summed E-state index contributed by atoms with van der Waals surface area (Å²) in [5.41, 5.74) is 1.17. The zero-order valence-corrected chi connectivity index (χ0v) is 12.8. The number of aryl methyl sites for hydroxylation is 1. The highest BCUT2D eigenvalue weighted by Crippen LogP contribution is 2.19. The van der Waals surface area contributed by atoms with Crippen molar-refractivity contribution < 1.29 is 4.79 Å². The fourth-order valence-corrected chi connectivity index (χ4v) is 2.97. The molecule has 0 atom stereocenters. The van der Waals surface area contributed by atoms with Crippen molar-refractivity contribution in [3.63, 3.8) is 0 Å². The van der Waals surface area contributed by atoms with Crippen LogP contribution < -0.4 is 0 Å². The van der Waals surface area contributed by atoms with Crippen molar-refractivity contribution in [2.45, 2.75) is 26.7 Å². The Balaban J connectivity index is 1.98. The van der Waals surface area contributed by atoms with Gasteiger partial charge in [0.25, 0.3) is 5.91 Å². The van der Waals surface area contributed by atoms with Gasteiger partial charge in [-0.05, 0) is 43.5 Å². The molecule has 2 rings (SSSR count). The molecule has 0 saturated carbocycles. The maximum atomic E-state index is 12.4. The number of pyridine rings is 1. The first kappa shape index (κ1) is 14.7. The Morgan fingerprint density at radius 1 is 1.30 bits per heavy atom. The van der Waals surface area contributed by atoms with Gasteiger partial charge >= 0.3 is 0 Å². The lowest BCUT2D eigenvalue weighted by Crippen LogP contribution is -2.32. The molecule has 2 aromatic rings. The molecule has 0 unspecified atom stereocenters. The Labute approximate surface area is 124 Å². The van der Waals surface area contributed by atoms with Crippen LogP contribution in [0.3, 0.4) is 0 Å². The topological polar surface area (TPSA) is 33.2 Å². The molecule has 0 aliphatic rings. The van der Waals surface area contributed by atoms with Crippen LogP contribution in [0.15, 0.2) is 36.7 Å². The second kappa shape index (κ2) is 7.20. The number of thiophene rings is 1. The van der Waals surface area contributed by atoms with Crippen molar-refractivity contribution in [1.82, 2.24) is 9.88 Å². The number of likely N-dealkylation sites (N-methyl/N-ethyl adjacent to an activating group) is 1. The van der Waals surface area contributed by atoms with E-state index in [2.05, 4.69) is 11.9 Å². The maximum Gasteiger partial charge on any atom is 0.263 e. The van der Waals surface area contributed by atoms with E-state index in [0.29, 0.717) is 0 Å². The number of hydrogen-bond acceptors (Lipinski definition) is 3. The first-order valence-electron chi connectivity index (χ1n) is 7.01. The second-order valence-corrected chi connectivity index (χ2v) is 5.78. The molecule has 2 aromatic heterocycles. The highest BCUT2D eigenvalue weighted by atomic mass is 32.1. The first-order valence-corrected chi connectivity index (χ1v) is 7.83. The zero-order valence-electron chi connectivity index (χ0n) is 12.0. The van der Waals surface area contributed by atoms with Gasteiger partial charge in [-0.25, -0.2) is 0 Å². The van der Waals surface area contributed by atoms with Crippen LogP contribution in [0.5, 0.6) is 0 Å². The Kier molecular flexibility index (Phi) is 5.30. The number of carbonyl (C=O) groups is 1. The summed E-state index contributed by atoms with van der Waals surface area (Å²) in [6, 6.07) is 7.97. The maximum absolute atomic E-state index is 12.4. The SMILES string of the molecule is CCc1ccc(C(=O)N(CC)CCc2cccnc2)s1. The first-order chi connectivity index (χ1) is 9.74. The molecule has 0 spiro atoms. The van der Waals surface area contributed by atoms with Crippen molar-refractivity contribution in [3.8, 4) is 0 Å². The molecule has 0 fully saturated rings. The van der Waals surface area contributed by atoms with Crippen LogP contribution in [-0.2, 0) is 12.8 Å². The van der Waals surface area contributed by atoms with Crippen molar-refractivity contribution in [3.05, 3.63) is 52.0 Å². The smallest absolute Gasteiger partial charge is 0.263 e. The van der Waals surface area contributed by atoms with Crippen LogP contribution in [0.1, 0.15) is 34.0 Å². The standard InChI is InChI=1S/C16H20N2OS/c1-3-14-7-8-15(20-14)16(19)18(4-2)11-9-13-6-5-10-17-12-13/h5-8,10,12H,3-4,9,11H2,1-2H3. The number of amides is 1. The second-order valence-electron chi connectivity index (χ2n) is 4.62. The summed E-state index contributed by atoms with van der Waals surface area (Å²) in [5.74, 6) is 0.140. The molecular weight excluding hydrogens is 268 g/mol. The van der Waals surface area contributed by atoms with E-state index in [1.165, 1.54) is 10.4 Å². The van der Waals surface area contributed by atoms with Gasteiger partial charge in [0.15, 0.2) is 0 Å². The quantitative estimate of drug-likeness (QED) is 0.816. The van der Waals surface area contributed by atoms with Gasteiger partial charge in [-0.2, -0.15) is 0 Å². The Morgan fingerprint density at radius 2 is 2.15 bits per heavy atom. The van der Waals surface area contributed by atoms with Gasteiger partial charge < -0.3 is 4.90 Å². The summed E-state index contributed by atoms with van der Waals surface area (Å²) in [5, 5.41) is 0. The largest absolute Gasteiger partial charge is 0.338 e. The monoisotopic (exact) mass is 288 g/mol. The molecule has 0 aliphatic carbocycles. The number of carbonyl (C=O) groups excluding carboxylic acids is 1. The lowest BCUT2D eigenvalue weighted by molar-refractivity contribution is 0.0771. The van der Waals surface area contributed by atoms with Crippen LogP contribution in [0.25, 0.3) is 0 Å². The lowest BCUT2D eigenvalue weighted by Gasteiger charge is -2.20. The molecule has 0 aromatic carbocycles. The minimum absolute atomic E-state index is 0.140. The minimum Gasteiger partial charge on any atom is -0.338 e. The van der Waals surface area contributed by atoms with Crippen molar-refractivity contribution >= 4 is 17.2 Å². The Morgan fingerprint density at radius 3 is 2.75 bits per heavy atom. The number of aromatic nitrogens is 1. The molecule has 3 nitrogen and oxygen atoms in total. The van der Waals surface area contributed by atoms with Crippen molar-refractivity contribution in [2.24, 2.45) is 0 Å². The molecule has 0 bridgehead atoms. The highest BCUT2D eigenvalue weighted by molar-refractivity contribution is 7.14. The molecule has 20 heavy (non-hydrogen) atoms. The van der Waals surface area contributed by atoms with E-state index in [9.17, 15) is 4.79 Å². The lowest BCUT2D eigenvalue weighted by atomic mass is 10.2. The third-order valence-corrected chi connectivity index (χ3v) is 4.50. The van der Waals surface area contributed by atoms with Crippen LogP contribution in [0.2, 0.25) is 0 Å². The number of hydrogen-bond donors (Lipinski definition) is 0. The molecule has 0 radical (unpaired) electrons. The Bertz CT molecular complexity index is 551. The van der Waals surface area contributed by atoms with Crippen LogP contribution in [0.4, 0.5) is 0 Å². The normalized spacial score (nSPS) is 10.5. The summed E-state index contributed by atoms with van der Waals surface area (Å²) in [6.45, 7) is 5.61. The van der Waals surface area contributed by atoms with E-state index in [0.717, 1.165) is 30.8 Å². The number of rotatable bonds is 6. The summed E-state index contributed by atoms with van der Waals surface area (Å²) in [7, 11) is 0. The average Bonchev–Trinajstić information content (AvgIpc) is 2.97. The van der Waals surface area contributed by atoms with E-state index in [4.69, 9.17) is 0 Å². The fourth-order valence-electron chi connectivity index (χ4n) is 2.05. The van der Waals surface area contributed by atoms with Gasteiger partial charge in [0.2, 0.25) is 0 Å². The Hall–Kier alpha value is -1.68. The number of nitrogens with zero attached hydrogens (tertiary/aromatic N) is 2. The highest BCUT2D eigenvalue weighted by Gasteiger charge is 2.15. The predicted octanol–water partition coefficient (Wildman–Crippen LogP) is 3.41. The van der Waals surface area contributed by atoms with Gasteiger partial charge in [-0.1, -0.05) is 13.0 Å². The van der Waals surface area contributed by atoms with E-state index in [-0.39, 0.29) is 5.91 Å². The van der Waals surface area contributed by atoms with Gasteiger partial charge in [-0.15, -0.1) is 11.3 Å². The fraction of sp³-hybridized carbons (Fsp3) is 0.375.